The number of rotatable bonds is 2. The number of amides is 1. The first-order valence-electron chi connectivity index (χ1n) is 5.78. The Bertz CT molecular complexity index is 259. The first-order chi connectivity index (χ1) is 7.19. The summed E-state index contributed by atoms with van der Waals surface area (Å²) in [7, 11) is 2.04. The fourth-order valence-corrected chi connectivity index (χ4v) is 2.93. The summed E-state index contributed by atoms with van der Waals surface area (Å²) in [6.45, 7) is 5.37. The lowest BCUT2D eigenvalue weighted by Gasteiger charge is -2.52. The molecule has 3 nitrogen and oxygen atoms in total. The Balaban J connectivity index is 1.83. The molecular weight excluding hydrogens is 188 g/mol. The maximum Gasteiger partial charge on any atom is 0.245 e. The molecule has 0 radical (unpaired) electrons. The van der Waals surface area contributed by atoms with E-state index in [0.29, 0.717) is 11.5 Å². The Morgan fingerprint density at radius 2 is 2.07 bits per heavy atom. The summed E-state index contributed by atoms with van der Waals surface area (Å²) in [5.74, 6) is 0.0920. The van der Waals surface area contributed by atoms with Gasteiger partial charge in [-0.05, 0) is 44.2 Å². The molecule has 0 atom stereocenters. The standard InChI is InChI=1S/C12H20N2O/c1-3-11(15)14-6-4-12(5-7-14)8-10(9-12)13-2/h3,10,13H,1,4-9H2,2H3. The van der Waals surface area contributed by atoms with E-state index in [0.717, 1.165) is 13.1 Å². The minimum absolute atomic E-state index is 0.0920. The molecule has 1 spiro atoms. The number of carbonyl (C=O) groups excluding carboxylic acids is 1. The van der Waals surface area contributed by atoms with Gasteiger partial charge in [0.25, 0.3) is 0 Å². The second-order valence-corrected chi connectivity index (χ2v) is 4.92. The quantitative estimate of drug-likeness (QED) is 0.691. The largest absolute Gasteiger partial charge is 0.339 e. The molecule has 84 valence electrons. The third kappa shape index (κ3) is 1.93. The molecule has 2 rings (SSSR count). The van der Waals surface area contributed by atoms with Crippen LogP contribution < -0.4 is 5.32 Å². The summed E-state index contributed by atoms with van der Waals surface area (Å²) in [6, 6.07) is 0.714. The minimum atomic E-state index is 0.0920. The van der Waals surface area contributed by atoms with Crippen LogP contribution in [0.5, 0.6) is 0 Å². The molecule has 0 unspecified atom stereocenters. The molecule has 1 amide bonds. The van der Waals surface area contributed by atoms with Crippen LogP contribution in [0.3, 0.4) is 0 Å². The molecule has 1 saturated carbocycles. The lowest BCUT2D eigenvalue weighted by Crippen LogP contribution is -2.53. The predicted octanol–water partition coefficient (Wildman–Crippen LogP) is 1.16. The molecule has 1 aliphatic carbocycles. The van der Waals surface area contributed by atoms with Crippen LogP contribution in [0.15, 0.2) is 12.7 Å². The smallest absolute Gasteiger partial charge is 0.245 e. The monoisotopic (exact) mass is 208 g/mol. The number of nitrogens with zero attached hydrogens (tertiary/aromatic N) is 1. The molecule has 0 aromatic carbocycles. The van der Waals surface area contributed by atoms with Crippen molar-refractivity contribution in [1.82, 2.24) is 10.2 Å². The molecule has 0 bridgehead atoms. The van der Waals surface area contributed by atoms with Gasteiger partial charge in [0.1, 0.15) is 0 Å². The Labute approximate surface area is 91.5 Å². The van der Waals surface area contributed by atoms with Crippen molar-refractivity contribution in [2.45, 2.75) is 31.7 Å². The van der Waals surface area contributed by atoms with Gasteiger partial charge in [-0.3, -0.25) is 4.79 Å². The van der Waals surface area contributed by atoms with Gasteiger partial charge in [0.15, 0.2) is 0 Å². The molecule has 0 aromatic rings. The van der Waals surface area contributed by atoms with E-state index in [2.05, 4.69) is 11.9 Å². The van der Waals surface area contributed by atoms with Crippen LogP contribution in [0.4, 0.5) is 0 Å². The molecule has 1 aliphatic heterocycles. The van der Waals surface area contributed by atoms with E-state index in [9.17, 15) is 4.79 Å². The van der Waals surface area contributed by atoms with Crippen molar-refractivity contribution >= 4 is 5.91 Å². The highest BCUT2D eigenvalue weighted by atomic mass is 16.2. The number of likely N-dealkylation sites (tertiary alicyclic amines) is 1. The van der Waals surface area contributed by atoms with Crippen molar-refractivity contribution in [2.75, 3.05) is 20.1 Å². The summed E-state index contributed by atoms with van der Waals surface area (Å²) < 4.78 is 0. The van der Waals surface area contributed by atoms with Crippen molar-refractivity contribution in [2.24, 2.45) is 5.41 Å². The molecule has 2 fully saturated rings. The van der Waals surface area contributed by atoms with E-state index in [1.54, 1.807) is 0 Å². The average molecular weight is 208 g/mol. The van der Waals surface area contributed by atoms with Gasteiger partial charge in [0.2, 0.25) is 5.91 Å². The Hall–Kier alpha value is -0.830. The summed E-state index contributed by atoms with van der Waals surface area (Å²) in [6.07, 6.45) is 6.35. The van der Waals surface area contributed by atoms with Gasteiger partial charge in [-0.1, -0.05) is 6.58 Å². The number of carbonyl (C=O) groups is 1. The Morgan fingerprint density at radius 1 is 1.47 bits per heavy atom. The summed E-state index contributed by atoms with van der Waals surface area (Å²) in [4.78, 5) is 13.3. The molecule has 2 aliphatic rings. The minimum Gasteiger partial charge on any atom is -0.339 e. The first kappa shape index (κ1) is 10.7. The highest BCUT2D eigenvalue weighted by molar-refractivity contribution is 5.87. The first-order valence-corrected chi connectivity index (χ1v) is 5.78. The van der Waals surface area contributed by atoms with E-state index in [4.69, 9.17) is 0 Å². The van der Waals surface area contributed by atoms with Crippen LogP contribution in [0.25, 0.3) is 0 Å². The summed E-state index contributed by atoms with van der Waals surface area (Å²) in [5, 5.41) is 3.32. The van der Waals surface area contributed by atoms with Gasteiger partial charge in [-0.2, -0.15) is 0 Å². The number of hydrogen-bond acceptors (Lipinski definition) is 2. The topological polar surface area (TPSA) is 32.3 Å². The van der Waals surface area contributed by atoms with Crippen molar-refractivity contribution in [1.29, 1.82) is 0 Å². The molecule has 3 heteroatoms. The highest BCUT2D eigenvalue weighted by Crippen LogP contribution is 2.48. The van der Waals surface area contributed by atoms with Crippen molar-refractivity contribution in [3.05, 3.63) is 12.7 Å². The maximum atomic E-state index is 11.4. The van der Waals surface area contributed by atoms with Crippen LogP contribution in [0.1, 0.15) is 25.7 Å². The number of nitrogens with one attached hydrogen (secondary N) is 1. The third-order valence-corrected chi connectivity index (χ3v) is 4.08. The normalized spacial score (nSPS) is 25.0. The van der Waals surface area contributed by atoms with Gasteiger partial charge >= 0.3 is 0 Å². The zero-order valence-electron chi connectivity index (χ0n) is 9.46. The van der Waals surface area contributed by atoms with Crippen molar-refractivity contribution in [3.63, 3.8) is 0 Å². The fourth-order valence-electron chi connectivity index (χ4n) is 2.93. The number of piperidine rings is 1. The van der Waals surface area contributed by atoms with Crippen LogP contribution in [0, 0.1) is 5.41 Å². The molecule has 0 aromatic heterocycles. The molecule has 1 heterocycles. The summed E-state index contributed by atoms with van der Waals surface area (Å²) >= 11 is 0. The van der Waals surface area contributed by atoms with E-state index in [1.807, 2.05) is 11.9 Å². The third-order valence-electron chi connectivity index (χ3n) is 4.08. The second-order valence-electron chi connectivity index (χ2n) is 4.92. The maximum absolute atomic E-state index is 11.4. The highest BCUT2D eigenvalue weighted by Gasteiger charge is 2.45. The zero-order chi connectivity index (χ0) is 10.9. The lowest BCUT2D eigenvalue weighted by molar-refractivity contribution is -0.129. The van der Waals surface area contributed by atoms with E-state index < -0.39 is 0 Å². The van der Waals surface area contributed by atoms with Crippen LogP contribution in [0.2, 0.25) is 0 Å². The molecular formula is C12H20N2O. The zero-order valence-corrected chi connectivity index (χ0v) is 9.46. The van der Waals surface area contributed by atoms with Gasteiger partial charge in [-0.25, -0.2) is 0 Å². The van der Waals surface area contributed by atoms with Crippen LogP contribution >= 0.6 is 0 Å². The Morgan fingerprint density at radius 3 is 2.53 bits per heavy atom. The van der Waals surface area contributed by atoms with Crippen LogP contribution in [-0.4, -0.2) is 37.0 Å². The SMILES string of the molecule is C=CC(=O)N1CCC2(CC1)CC(NC)C2. The van der Waals surface area contributed by atoms with Crippen molar-refractivity contribution in [3.8, 4) is 0 Å². The lowest BCUT2D eigenvalue weighted by atomic mass is 9.60. The average Bonchev–Trinajstić information content (AvgIpc) is 2.25. The van der Waals surface area contributed by atoms with Gasteiger partial charge in [-0.15, -0.1) is 0 Å². The van der Waals surface area contributed by atoms with E-state index >= 15 is 0 Å². The fraction of sp³-hybridized carbons (Fsp3) is 0.750. The van der Waals surface area contributed by atoms with Gasteiger partial charge < -0.3 is 10.2 Å². The van der Waals surface area contributed by atoms with E-state index in [-0.39, 0.29) is 5.91 Å². The second kappa shape index (κ2) is 3.97. The van der Waals surface area contributed by atoms with Gasteiger partial charge in [0, 0.05) is 19.1 Å². The van der Waals surface area contributed by atoms with E-state index in [1.165, 1.54) is 31.8 Å². The van der Waals surface area contributed by atoms with Crippen molar-refractivity contribution < 1.29 is 4.79 Å². The molecule has 1 saturated heterocycles. The molecule has 15 heavy (non-hydrogen) atoms. The number of hydrogen-bond donors (Lipinski definition) is 1. The molecule has 1 N–H and O–H groups in total. The van der Waals surface area contributed by atoms with Gasteiger partial charge in [0.05, 0.1) is 0 Å². The Kier molecular flexibility index (Phi) is 2.83. The van der Waals surface area contributed by atoms with Crippen LogP contribution in [-0.2, 0) is 4.79 Å². The predicted molar refractivity (Wildman–Crippen MR) is 60.5 cm³/mol. The summed E-state index contributed by atoms with van der Waals surface area (Å²) in [5.41, 5.74) is 0.547.